The molecule has 0 spiro atoms. The van der Waals surface area contributed by atoms with Crippen LogP contribution in [0.25, 0.3) is 0 Å². The van der Waals surface area contributed by atoms with Gasteiger partial charge in [-0.25, -0.2) is 0 Å². The molecule has 2 aromatic carbocycles. The second-order valence-electron chi connectivity index (χ2n) is 10.1. The van der Waals surface area contributed by atoms with Crippen molar-refractivity contribution in [3.63, 3.8) is 0 Å². The van der Waals surface area contributed by atoms with Gasteiger partial charge in [-0.2, -0.15) is 0 Å². The fourth-order valence-corrected chi connectivity index (χ4v) is 4.16. The molecule has 7 nitrogen and oxygen atoms in total. The molecule has 0 unspecified atom stereocenters. The van der Waals surface area contributed by atoms with Gasteiger partial charge in [-0.15, -0.1) is 12.6 Å². The number of anilines is 1. The standard InChI is InChI=1S/C18H24N2OS.C16H15NO3/c1-14-7-5-3-4-6-8-15(11-12-20(14)2)13-17(22)18(21)19-16-9-10-16;1-11-9-14(20-2)7-8-15(11)16(19)17-13-5-3-12(10-18)4-6-13/h3-5,7-8,13,16,22H,1,6,9-12H2,2H3,(H,19,21);3-10H,1-2H3,(H,17,19)/b4-3-,7-5-,15-8+,17-13-;. The number of hydrogen-bond donors (Lipinski definition) is 3. The minimum atomic E-state index is -0.191. The van der Waals surface area contributed by atoms with Crippen LogP contribution in [0.4, 0.5) is 5.69 Å². The van der Waals surface area contributed by atoms with Crippen LogP contribution >= 0.6 is 12.6 Å². The number of benzene rings is 2. The highest BCUT2D eigenvalue weighted by atomic mass is 32.1. The van der Waals surface area contributed by atoms with E-state index in [9.17, 15) is 14.4 Å². The van der Waals surface area contributed by atoms with E-state index in [1.165, 1.54) is 0 Å². The van der Waals surface area contributed by atoms with Crippen molar-refractivity contribution in [3.8, 4) is 5.75 Å². The first-order valence-electron chi connectivity index (χ1n) is 13.8. The predicted octanol–water partition coefficient (Wildman–Crippen LogP) is 6.43. The van der Waals surface area contributed by atoms with Crippen LogP contribution in [-0.4, -0.2) is 49.7 Å². The van der Waals surface area contributed by atoms with Gasteiger partial charge in [0.05, 0.1) is 12.0 Å². The average Bonchev–Trinajstić information content (AvgIpc) is 3.81. The summed E-state index contributed by atoms with van der Waals surface area (Å²) in [4.78, 5) is 37.3. The fraction of sp³-hybridized carbons (Fsp3) is 0.265. The number of allylic oxidation sites excluding steroid dienone is 6. The SMILES string of the molecule is C=C1/C=C\C=C/C/C=C(/C=C(\S)C(=O)NC2CC2)CCN1C.COc1ccc(C(=O)Nc2ccc(C=O)cc2)c(C)c1. The van der Waals surface area contributed by atoms with Crippen molar-refractivity contribution in [2.45, 2.75) is 38.6 Å². The fourth-order valence-electron chi connectivity index (χ4n) is 3.93. The van der Waals surface area contributed by atoms with E-state index in [0.29, 0.717) is 27.8 Å². The van der Waals surface area contributed by atoms with Crippen LogP contribution in [0.5, 0.6) is 5.75 Å². The Morgan fingerprint density at radius 1 is 1.12 bits per heavy atom. The second kappa shape index (κ2) is 16.2. The lowest BCUT2D eigenvalue weighted by atomic mass is 10.1. The van der Waals surface area contributed by atoms with Crippen LogP contribution in [0, 0.1) is 6.92 Å². The van der Waals surface area contributed by atoms with E-state index in [1.807, 2.05) is 44.3 Å². The van der Waals surface area contributed by atoms with Crippen molar-refractivity contribution >= 4 is 36.4 Å². The Hall–Kier alpha value is -4.30. The summed E-state index contributed by atoms with van der Waals surface area (Å²) in [6.07, 6.45) is 16.8. The zero-order valence-corrected chi connectivity index (χ0v) is 25.3. The number of rotatable bonds is 7. The average molecular weight is 586 g/mol. The first-order valence-corrected chi connectivity index (χ1v) is 14.3. The van der Waals surface area contributed by atoms with Crippen molar-refractivity contribution in [2.24, 2.45) is 0 Å². The molecule has 0 atom stereocenters. The molecule has 0 radical (unpaired) electrons. The van der Waals surface area contributed by atoms with Crippen molar-refractivity contribution in [2.75, 3.05) is 26.0 Å². The van der Waals surface area contributed by atoms with Gasteiger partial charge >= 0.3 is 0 Å². The minimum Gasteiger partial charge on any atom is -0.497 e. The molecule has 1 fully saturated rings. The molecule has 1 heterocycles. The van der Waals surface area contributed by atoms with E-state index >= 15 is 0 Å². The number of aryl methyl sites for hydroxylation is 1. The van der Waals surface area contributed by atoms with Crippen LogP contribution in [0.3, 0.4) is 0 Å². The molecule has 2 N–H and O–H groups in total. The Kier molecular flexibility index (Phi) is 12.4. The number of methoxy groups -OCH3 is 1. The van der Waals surface area contributed by atoms with Gasteiger partial charge in [0.15, 0.2) is 0 Å². The molecule has 2 amide bonds. The van der Waals surface area contributed by atoms with Crippen LogP contribution < -0.4 is 15.4 Å². The lowest BCUT2D eigenvalue weighted by molar-refractivity contribution is -0.116. The van der Waals surface area contributed by atoms with E-state index in [0.717, 1.165) is 61.1 Å². The van der Waals surface area contributed by atoms with Gasteiger partial charge in [-0.05, 0) is 98.4 Å². The maximum atomic E-state index is 12.2. The van der Waals surface area contributed by atoms with Gasteiger partial charge in [0.1, 0.15) is 12.0 Å². The molecular weight excluding hydrogens is 546 g/mol. The summed E-state index contributed by atoms with van der Waals surface area (Å²) < 4.78 is 5.11. The summed E-state index contributed by atoms with van der Waals surface area (Å²) in [6.45, 7) is 6.76. The zero-order valence-electron chi connectivity index (χ0n) is 24.4. The maximum absolute atomic E-state index is 12.2. The molecule has 1 aliphatic carbocycles. The highest BCUT2D eigenvalue weighted by Gasteiger charge is 2.24. The smallest absolute Gasteiger partial charge is 0.257 e. The Morgan fingerprint density at radius 3 is 2.50 bits per heavy atom. The van der Waals surface area contributed by atoms with Gasteiger partial charge in [-0.1, -0.05) is 30.9 Å². The molecule has 4 rings (SSSR count). The van der Waals surface area contributed by atoms with Gasteiger partial charge in [0, 0.05) is 42.1 Å². The Morgan fingerprint density at radius 2 is 1.86 bits per heavy atom. The molecule has 2 aliphatic rings. The predicted molar refractivity (Wildman–Crippen MR) is 173 cm³/mol. The minimum absolute atomic E-state index is 0.0731. The first kappa shape index (κ1) is 32.2. The molecule has 0 aromatic heterocycles. The van der Waals surface area contributed by atoms with E-state index in [4.69, 9.17) is 4.74 Å². The van der Waals surface area contributed by atoms with Gasteiger partial charge in [0.2, 0.25) is 0 Å². The van der Waals surface area contributed by atoms with E-state index in [2.05, 4.69) is 46.9 Å². The number of ether oxygens (including phenoxy) is 1. The highest BCUT2D eigenvalue weighted by molar-refractivity contribution is 7.85. The van der Waals surface area contributed by atoms with Gasteiger partial charge in [0.25, 0.3) is 11.8 Å². The molecule has 8 heteroatoms. The number of nitrogens with one attached hydrogen (secondary N) is 2. The highest BCUT2D eigenvalue weighted by Crippen LogP contribution is 2.21. The summed E-state index contributed by atoms with van der Waals surface area (Å²) in [6, 6.07) is 12.3. The van der Waals surface area contributed by atoms with E-state index in [-0.39, 0.29) is 11.8 Å². The number of amides is 2. The van der Waals surface area contributed by atoms with Crippen LogP contribution in [0.2, 0.25) is 0 Å². The molecular formula is C34H39N3O4S. The second-order valence-corrected chi connectivity index (χ2v) is 10.6. The lowest BCUT2D eigenvalue weighted by Crippen LogP contribution is -2.25. The van der Waals surface area contributed by atoms with Crippen molar-refractivity contribution in [1.82, 2.24) is 10.2 Å². The van der Waals surface area contributed by atoms with Crippen molar-refractivity contribution in [3.05, 3.63) is 118 Å². The number of likely N-dealkylation sites (N-methyl/N-ethyl adjacent to an activating group) is 1. The zero-order chi connectivity index (χ0) is 30.5. The molecule has 2 aromatic rings. The van der Waals surface area contributed by atoms with Gasteiger partial charge in [-0.3, -0.25) is 14.4 Å². The Balaban J connectivity index is 0.000000231. The number of hydrogen-bond acceptors (Lipinski definition) is 6. The summed E-state index contributed by atoms with van der Waals surface area (Å²) in [5.74, 6) is 0.453. The summed E-state index contributed by atoms with van der Waals surface area (Å²) >= 11 is 4.36. The third-order valence-corrected chi connectivity index (χ3v) is 7.06. The molecule has 42 heavy (non-hydrogen) atoms. The number of nitrogens with zero attached hydrogens (tertiary/aromatic N) is 1. The van der Waals surface area contributed by atoms with E-state index in [1.54, 1.807) is 43.5 Å². The van der Waals surface area contributed by atoms with Crippen LogP contribution in [-0.2, 0) is 4.79 Å². The van der Waals surface area contributed by atoms with Gasteiger partial charge < -0.3 is 20.3 Å². The van der Waals surface area contributed by atoms with Crippen LogP contribution in [0.15, 0.2) is 102 Å². The van der Waals surface area contributed by atoms with Crippen molar-refractivity contribution < 1.29 is 19.1 Å². The first-order chi connectivity index (χ1) is 20.2. The maximum Gasteiger partial charge on any atom is 0.257 e. The number of aldehydes is 1. The molecule has 0 bridgehead atoms. The number of thiol groups is 1. The largest absolute Gasteiger partial charge is 0.497 e. The van der Waals surface area contributed by atoms with Crippen molar-refractivity contribution in [1.29, 1.82) is 0 Å². The monoisotopic (exact) mass is 585 g/mol. The molecule has 1 saturated carbocycles. The quantitative estimate of drug-likeness (QED) is 0.198. The molecule has 220 valence electrons. The van der Waals surface area contributed by atoms with Crippen LogP contribution in [0.1, 0.15) is 52.0 Å². The number of carbonyl (C=O) groups excluding carboxylic acids is 3. The Labute approximate surface area is 254 Å². The third-order valence-electron chi connectivity index (χ3n) is 6.73. The normalized spacial score (nSPS) is 18.2. The summed E-state index contributed by atoms with van der Waals surface area (Å²) in [7, 11) is 3.61. The topological polar surface area (TPSA) is 87.7 Å². The third kappa shape index (κ3) is 10.6. The summed E-state index contributed by atoms with van der Waals surface area (Å²) in [5.41, 5.74) is 4.76. The molecule has 0 saturated heterocycles. The summed E-state index contributed by atoms with van der Waals surface area (Å²) in [5, 5.41) is 5.75. The lowest BCUT2D eigenvalue weighted by Gasteiger charge is -2.19. The number of carbonyl (C=O) groups is 3. The Bertz CT molecular complexity index is 1400. The van der Waals surface area contributed by atoms with E-state index < -0.39 is 0 Å². The molecule has 1 aliphatic heterocycles.